The lowest BCUT2D eigenvalue weighted by Gasteiger charge is -2.18. The Labute approximate surface area is 115 Å². The molecule has 0 fully saturated rings. The molecule has 0 saturated carbocycles. The summed E-state index contributed by atoms with van der Waals surface area (Å²) in [5.74, 6) is 0.968. The van der Waals surface area contributed by atoms with Crippen LogP contribution >= 0.6 is 0 Å². The summed E-state index contributed by atoms with van der Waals surface area (Å²) < 4.78 is 2.24. The van der Waals surface area contributed by atoms with E-state index in [4.69, 9.17) is 0 Å². The summed E-state index contributed by atoms with van der Waals surface area (Å²) in [4.78, 5) is 4.57. The first-order valence-corrected chi connectivity index (χ1v) is 6.92. The fourth-order valence-electron chi connectivity index (χ4n) is 2.27. The molecule has 1 N–H and O–H groups in total. The standard InChI is InChI=1S/C16H23N3/c1-12(2)17-16-18-13(3)11-19(16)14(4)10-15-8-6-5-7-9-15/h5-9,11-12,14H,10H2,1-4H3,(H,17,18). The van der Waals surface area contributed by atoms with E-state index < -0.39 is 0 Å². The lowest BCUT2D eigenvalue weighted by atomic mass is 10.1. The van der Waals surface area contributed by atoms with Crippen LogP contribution in [0.25, 0.3) is 0 Å². The van der Waals surface area contributed by atoms with Crippen molar-refractivity contribution in [2.45, 2.75) is 46.2 Å². The van der Waals surface area contributed by atoms with Crippen LogP contribution in [0, 0.1) is 6.92 Å². The van der Waals surface area contributed by atoms with Crippen LogP contribution in [0.5, 0.6) is 0 Å². The minimum absolute atomic E-state index is 0.393. The summed E-state index contributed by atoms with van der Waals surface area (Å²) in [5, 5.41) is 3.41. The van der Waals surface area contributed by atoms with Gasteiger partial charge in [-0.1, -0.05) is 30.3 Å². The molecule has 1 aromatic carbocycles. The van der Waals surface area contributed by atoms with Crippen molar-refractivity contribution >= 4 is 5.95 Å². The van der Waals surface area contributed by atoms with Gasteiger partial charge in [-0.2, -0.15) is 0 Å². The monoisotopic (exact) mass is 257 g/mol. The predicted molar refractivity (Wildman–Crippen MR) is 80.6 cm³/mol. The molecule has 1 atom stereocenters. The number of rotatable bonds is 5. The smallest absolute Gasteiger partial charge is 0.203 e. The Bertz CT molecular complexity index is 514. The highest BCUT2D eigenvalue weighted by Crippen LogP contribution is 2.20. The molecule has 19 heavy (non-hydrogen) atoms. The number of hydrogen-bond acceptors (Lipinski definition) is 2. The second-order valence-corrected chi connectivity index (χ2v) is 5.45. The van der Waals surface area contributed by atoms with Gasteiger partial charge in [0.25, 0.3) is 0 Å². The van der Waals surface area contributed by atoms with E-state index in [0.29, 0.717) is 12.1 Å². The van der Waals surface area contributed by atoms with Crippen LogP contribution < -0.4 is 5.32 Å². The number of benzene rings is 1. The van der Waals surface area contributed by atoms with Crippen molar-refractivity contribution in [3.8, 4) is 0 Å². The van der Waals surface area contributed by atoms with Gasteiger partial charge in [0.2, 0.25) is 5.95 Å². The summed E-state index contributed by atoms with van der Waals surface area (Å²) in [6.07, 6.45) is 3.14. The zero-order chi connectivity index (χ0) is 13.8. The maximum Gasteiger partial charge on any atom is 0.203 e. The summed E-state index contributed by atoms with van der Waals surface area (Å²) in [6, 6.07) is 11.4. The molecule has 0 aliphatic rings. The molecular weight excluding hydrogens is 234 g/mol. The van der Waals surface area contributed by atoms with Gasteiger partial charge >= 0.3 is 0 Å². The van der Waals surface area contributed by atoms with E-state index in [9.17, 15) is 0 Å². The van der Waals surface area contributed by atoms with Gasteiger partial charge in [0.1, 0.15) is 0 Å². The Morgan fingerprint density at radius 3 is 2.47 bits per heavy atom. The van der Waals surface area contributed by atoms with Gasteiger partial charge in [0, 0.05) is 18.3 Å². The molecule has 3 heteroatoms. The SMILES string of the molecule is Cc1cn(C(C)Cc2ccccc2)c(NC(C)C)n1. The molecule has 2 rings (SSSR count). The summed E-state index contributed by atoms with van der Waals surface area (Å²) in [7, 11) is 0. The highest BCUT2D eigenvalue weighted by Gasteiger charge is 2.13. The number of nitrogens with zero attached hydrogens (tertiary/aromatic N) is 2. The molecule has 3 nitrogen and oxygen atoms in total. The average Bonchev–Trinajstić information content (AvgIpc) is 2.70. The van der Waals surface area contributed by atoms with E-state index >= 15 is 0 Å². The molecule has 0 aliphatic carbocycles. The Morgan fingerprint density at radius 2 is 1.84 bits per heavy atom. The van der Waals surface area contributed by atoms with E-state index in [1.54, 1.807) is 0 Å². The number of imidazole rings is 1. The molecule has 0 saturated heterocycles. The van der Waals surface area contributed by atoms with Crippen molar-refractivity contribution in [2.24, 2.45) is 0 Å². The first-order valence-electron chi connectivity index (χ1n) is 6.92. The molecule has 0 aliphatic heterocycles. The molecule has 0 spiro atoms. The summed E-state index contributed by atoms with van der Waals surface area (Å²) in [5.41, 5.74) is 2.42. The molecule has 0 radical (unpaired) electrons. The Kier molecular flexibility index (Phi) is 4.25. The predicted octanol–water partition coefficient (Wildman–Crippen LogP) is 3.82. The Balaban J connectivity index is 2.16. The number of aromatic nitrogens is 2. The molecule has 1 aromatic heterocycles. The van der Waals surface area contributed by atoms with Gasteiger partial charge < -0.3 is 9.88 Å². The summed E-state index contributed by atoms with van der Waals surface area (Å²) in [6.45, 7) is 8.54. The number of hydrogen-bond donors (Lipinski definition) is 1. The van der Waals surface area contributed by atoms with Crippen LogP contribution in [0.2, 0.25) is 0 Å². The van der Waals surface area contributed by atoms with Gasteiger partial charge in [-0.25, -0.2) is 4.98 Å². The van der Waals surface area contributed by atoms with Gasteiger partial charge in [0.15, 0.2) is 0 Å². The third kappa shape index (κ3) is 3.60. The largest absolute Gasteiger partial charge is 0.353 e. The molecular formula is C16H23N3. The summed E-state index contributed by atoms with van der Waals surface area (Å²) >= 11 is 0. The second-order valence-electron chi connectivity index (χ2n) is 5.45. The highest BCUT2D eigenvalue weighted by molar-refractivity contribution is 5.31. The maximum atomic E-state index is 4.57. The van der Waals surface area contributed by atoms with Crippen LogP contribution in [-0.4, -0.2) is 15.6 Å². The van der Waals surface area contributed by atoms with Gasteiger partial charge in [0.05, 0.1) is 5.69 Å². The van der Waals surface area contributed by atoms with Crippen LogP contribution in [0.15, 0.2) is 36.5 Å². The van der Waals surface area contributed by atoms with Crippen LogP contribution in [-0.2, 0) is 6.42 Å². The number of nitrogens with one attached hydrogen (secondary N) is 1. The van der Waals surface area contributed by atoms with Crippen molar-refractivity contribution in [1.29, 1.82) is 0 Å². The molecule has 1 heterocycles. The quantitative estimate of drug-likeness (QED) is 0.882. The zero-order valence-corrected chi connectivity index (χ0v) is 12.2. The van der Waals surface area contributed by atoms with E-state index in [-0.39, 0.29) is 0 Å². The molecule has 1 unspecified atom stereocenters. The third-order valence-electron chi connectivity index (χ3n) is 3.12. The minimum atomic E-state index is 0.393. The Morgan fingerprint density at radius 1 is 1.16 bits per heavy atom. The van der Waals surface area contributed by atoms with E-state index in [2.05, 4.69) is 72.2 Å². The second kappa shape index (κ2) is 5.91. The molecule has 2 aromatic rings. The fourth-order valence-corrected chi connectivity index (χ4v) is 2.27. The van der Waals surface area contributed by atoms with Gasteiger partial charge in [-0.05, 0) is 39.7 Å². The number of anilines is 1. The molecule has 0 bridgehead atoms. The Hall–Kier alpha value is -1.77. The van der Waals surface area contributed by atoms with Crippen LogP contribution in [0.3, 0.4) is 0 Å². The maximum absolute atomic E-state index is 4.57. The van der Waals surface area contributed by atoms with Crippen LogP contribution in [0.4, 0.5) is 5.95 Å². The normalized spacial score (nSPS) is 12.7. The van der Waals surface area contributed by atoms with Crippen molar-refractivity contribution in [3.63, 3.8) is 0 Å². The van der Waals surface area contributed by atoms with E-state index in [1.807, 2.05) is 6.92 Å². The van der Waals surface area contributed by atoms with Crippen molar-refractivity contribution in [3.05, 3.63) is 47.8 Å². The van der Waals surface area contributed by atoms with Crippen molar-refractivity contribution in [2.75, 3.05) is 5.32 Å². The van der Waals surface area contributed by atoms with E-state index in [0.717, 1.165) is 18.1 Å². The first kappa shape index (κ1) is 13.7. The lowest BCUT2D eigenvalue weighted by molar-refractivity contribution is 0.546. The van der Waals surface area contributed by atoms with Crippen molar-refractivity contribution in [1.82, 2.24) is 9.55 Å². The van der Waals surface area contributed by atoms with Gasteiger partial charge in [-0.3, -0.25) is 0 Å². The topological polar surface area (TPSA) is 29.9 Å². The molecule has 102 valence electrons. The van der Waals surface area contributed by atoms with E-state index in [1.165, 1.54) is 5.56 Å². The first-order chi connectivity index (χ1) is 9.06. The fraction of sp³-hybridized carbons (Fsp3) is 0.438. The lowest BCUT2D eigenvalue weighted by Crippen LogP contribution is -2.17. The zero-order valence-electron chi connectivity index (χ0n) is 12.2. The third-order valence-corrected chi connectivity index (χ3v) is 3.12. The average molecular weight is 257 g/mol. The number of aryl methyl sites for hydroxylation is 1. The molecule has 0 amide bonds. The minimum Gasteiger partial charge on any atom is -0.353 e. The van der Waals surface area contributed by atoms with Gasteiger partial charge in [-0.15, -0.1) is 0 Å². The van der Waals surface area contributed by atoms with Crippen LogP contribution in [0.1, 0.15) is 38.1 Å². The van der Waals surface area contributed by atoms with Crippen molar-refractivity contribution < 1.29 is 0 Å². The highest BCUT2D eigenvalue weighted by atomic mass is 15.2.